The van der Waals surface area contributed by atoms with Crippen LogP contribution in [-0.4, -0.2) is 17.2 Å². The van der Waals surface area contributed by atoms with Crippen LogP contribution in [0.4, 0.5) is 10.5 Å². The number of aromatic carboxylic acids is 1. The molecular weight excluding hydrogens is 414 g/mol. The summed E-state index contributed by atoms with van der Waals surface area (Å²) in [5.74, 6) is -0.989. The van der Waals surface area contributed by atoms with E-state index in [-0.39, 0.29) is 12.2 Å². The van der Waals surface area contributed by atoms with Crippen LogP contribution in [0.5, 0.6) is 0 Å². The van der Waals surface area contributed by atoms with Gasteiger partial charge in [0, 0.05) is 10.7 Å². The average Bonchev–Trinajstić information content (AvgIpc) is 2.77. The first-order valence-electron chi connectivity index (χ1n) is 9.55. The number of carbonyl (C=O) groups is 2. The molecule has 0 heterocycles. The number of hydrogen-bond acceptors (Lipinski definition) is 3. The molecule has 4 aromatic carbocycles. The van der Waals surface area contributed by atoms with E-state index in [1.807, 2.05) is 42.5 Å². The van der Waals surface area contributed by atoms with Crippen molar-refractivity contribution in [2.45, 2.75) is 6.61 Å². The lowest BCUT2D eigenvalue weighted by atomic mass is 9.95. The Morgan fingerprint density at radius 1 is 0.871 bits per heavy atom. The first-order valence-corrected chi connectivity index (χ1v) is 9.93. The lowest BCUT2D eigenvalue weighted by Gasteiger charge is -2.12. The number of anilines is 1. The van der Waals surface area contributed by atoms with Crippen LogP contribution in [0, 0.1) is 0 Å². The Hall–Kier alpha value is -3.83. The Labute approximate surface area is 183 Å². The van der Waals surface area contributed by atoms with Gasteiger partial charge in [-0.25, -0.2) is 9.59 Å². The van der Waals surface area contributed by atoms with Gasteiger partial charge in [0.05, 0.1) is 5.56 Å². The van der Waals surface area contributed by atoms with Crippen molar-refractivity contribution in [3.63, 3.8) is 0 Å². The van der Waals surface area contributed by atoms with Crippen LogP contribution in [0.15, 0.2) is 84.9 Å². The van der Waals surface area contributed by atoms with E-state index < -0.39 is 12.1 Å². The summed E-state index contributed by atoms with van der Waals surface area (Å²) in [5.41, 5.74) is 3.15. The number of carbonyl (C=O) groups excluding carboxylic acids is 1. The third-order valence-electron chi connectivity index (χ3n) is 4.82. The number of rotatable bonds is 5. The van der Waals surface area contributed by atoms with Gasteiger partial charge in [0.2, 0.25) is 0 Å². The maximum absolute atomic E-state index is 12.2. The van der Waals surface area contributed by atoms with Crippen molar-refractivity contribution >= 4 is 40.1 Å². The van der Waals surface area contributed by atoms with Gasteiger partial charge in [-0.1, -0.05) is 72.3 Å². The van der Waals surface area contributed by atoms with Gasteiger partial charge in [0.25, 0.3) is 0 Å². The van der Waals surface area contributed by atoms with Gasteiger partial charge < -0.3 is 9.84 Å². The first kappa shape index (κ1) is 20.4. The summed E-state index contributed by atoms with van der Waals surface area (Å²) in [6.45, 7) is 0.154. The summed E-state index contributed by atoms with van der Waals surface area (Å²) in [7, 11) is 0. The van der Waals surface area contributed by atoms with Crippen LogP contribution in [0.2, 0.25) is 5.02 Å². The number of halogens is 1. The average molecular weight is 432 g/mol. The predicted molar refractivity (Wildman–Crippen MR) is 122 cm³/mol. The standard InChI is InChI=1S/C25H18ClNO4/c26-18-12-17(20-8-4-10-22-21(20)9-5-11-23(22)24(28)29)13-19(14-18)27-25(30)31-15-16-6-2-1-3-7-16/h1-14H,15H2,(H,27,30)(H,28,29). The molecule has 0 fully saturated rings. The summed E-state index contributed by atoms with van der Waals surface area (Å²) in [6.07, 6.45) is -0.594. The molecule has 0 atom stereocenters. The summed E-state index contributed by atoms with van der Waals surface area (Å²) < 4.78 is 5.27. The molecule has 0 aliphatic heterocycles. The molecule has 0 radical (unpaired) electrons. The largest absolute Gasteiger partial charge is 0.478 e. The molecule has 6 heteroatoms. The highest BCUT2D eigenvalue weighted by molar-refractivity contribution is 6.31. The van der Waals surface area contributed by atoms with Gasteiger partial charge in [0.15, 0.2) is 0 Å². The Morgan fingerprint density at radius 2 is 1.61 bits per heavy atom. The summed E-state index contributed by atoms with van der Waals surface area (Å²) in [5, 5.41) is 14.0. The molecule has 0 aliphatic rings. The second-order valence-corrected chi connectivity index (χ2v) is 7.36. The number of benzene rings is 4. The number of fused-ring (bicyclic) bond motifs is 1. The maximum atomic E-state index is 12.2. The van der Waals surface area contributed by atoms with Crippen molar-refractivity contribution in [1.82, 2.24) is 0 Å². The van der Waals surface area contributed by atoms with Crippen LogP contribution in [0.3, 0.4) is 0 Å². The zero-order valence-electron chi connectivity index (χ0n) is 16.3. The van der Waals surface area contributed by atoms with Crippen molar-refractivity contribution in [2.24, 2.45) is 0 Å². The quantitative estimate of drug-likeness (QED) is 0.373. The number of carboxylic acids is 1. The van der Waals surface area contributed by atoms with Crippen molar-refractivity contribution in [3.8, 4) is 11.1 Å². The smallest absolute Gasteiger partial charge is 0.411 e. The van der Waals surface area contributed by atoms with E-state index in [0.717, 1.165) is 22.1 Å². The zero-order chi connectivity index (χ0) is 21.8. The molecule has 0 saturated carbocycles. The molecule has 154 valence electrons. The number of nitrogens with one attached hydrogen (secondary N) is 1. The molecule has 0 aromatic heterocycles. The van der Waals surface area contributed by atoms with Crippen LogP contribution < -0.4 is 5.32 Å². The topological polar surface area (TPSA) is 75.6 Å². The van der Waals surface area contributed by atoms with Crippen molar-refractivity contribution in [3.05, 3.63) is 101 Å². The minimum atomic E-state index is -0.989. The molecule has 0 unspecified atom stereocenters. The molecule has 0 aliphatic carbocycles. The van der Waals surface area contributed by atoms with E-state index in [0.29, 0.717) is 16.1 Å². The third kappa shape index (κ3) is 4.68. The zero-order valence-corrected chi connectivity index (χ0v) is 17.1. The molecule has 0 saturated heterocycles. The van der Waals surface area contributed by atoms with Crippen LogP contribution >= 0.6 is 11.6 Å². The minimum Gasteiger partial charge on any atom is -0.478 e. The predicted octanol–water partition coefficient (Wildman–Crippen LogP) is 6.61. The van der Waals surface area contributed by atoms with E-state index in [2.05, 4.69) is 5.32 Å². The van der Waals surface area contributed by atoms with Gasteiger partial charge in [-0.2, -0.15) is 0 Å². The Balaban J connectivity index is 1.62. The summed E-state index contributed by atoms with van der Waals surface area (Å²) in [4.78, 5) is 23.8. The monoisotopic (exact) mass is 431 g/mol. The molecule has 0 spiro atoms. The highest BCUT2D eigenvalue weighted by Crippen LogP contribution is 2.33. The van der Waals surface area contributed by atoms with Gasteiger partial charge in [-0.05, 0) is 51.7 Å². The van der Waals surface area contributed by atoms with Crippen molar-refractivity contribution in [1.29, 1.82) is 0 Å². The first-order chi connectivity index (χ1) is 15.0. The van der Waals surface area contributed by atoms with Crippen molar-refractivity contribution < 1.29 is 19.4 Å². The number of amides is 1. The van der Waals surface area contributed by atoms with Gasteiger partial charge in [-0.3, -0.25) is 5.32 Å². The fourth-order valence-corrected chi connectivity index (χ4v) is 3.68. The van der Waals surface area contributed by atoms with Gasteiger partial charge in [-0.15, -0.1) is 0 Å². The molecule has 0 bridgehead atoms. The second kappa shape index (κ2) is 8.90. The molecule has 4 aromatic rings. The van der Waals surface area contributed by atoms with Crippen LogP contribution in [0.1, 0.15) is 15.9 Å². The lowest BCUT2D eigenvalue weighted by Crippen LogP contribution is -2.13. The maximum Gasteiger partial charge on any atom is 0.411 e. The Bertz CT molecular complexity index is 1270. The number of ether oxygens (including phenoxy) is 1. The fourth-order valence-electron chi connectivity index (χ4n) is 3.44. The molecule has 2 N–H and O–H groups in total. The number of hydrogen-bond donors (Lipinski definition) is 2. The van der Waals surface area contributed by atoms with E-state index in [1.54, 1.807) is 42.5 Å². The van der Waals surface area contributed by atoms with Gasteiger partial charge in [0.1, 0.15) is 6.61 Å². The Morgan fingerprint density at radius 3 is 2.39 bits per heavy atom. The SMILES string of the molecule is O=C(Nc1cc(Cl)cc(-c2cccc3c(C(=O)O)cccc23)c1)OCc1ccccc1. The highest BCUT2D eigenvalue weighted by atomic mass is 35.5. The lowest BCUT2D eigenvalue weighted by molar-refractivity contribution is 0.0699. The number of carboxylic acid groups (broad SMARTS) is 1. The van der Waals surface area contributed by atoms with Crippen LogP contribution in [0.25, 0.3) is 21.9 Å². The minimum absolute atomic E-state index is 0.154. The van der Waals surface area contributed by atoms with E-state index in [9.17, 15) is 14.7 Å². The fraction of sp³-hybridized carbons (Fsp3) is 0.0400. The van der Waals surface area contributed by atoms with Gasteiger partial charge >= 0.3 is 12.1 Å². The summed E-state index contributed by atoms with van der Waals surface area (Å²) in [6, 6.07) is 25.2. The van der Waals surface area contributed by atoms with Crippen LogP contribution in [-0.2, 0) is 11.3 Å². The Kier molecular flexibility index (Phi) is 5.87. The molecule has 5 nitrogen and oxygen atoms in total. The molecule has 4 rings (SSSR count). The van der Waals surface area contributed by atoms with E-state index >= 15 is 0 Å². The summed E-state index contributed by atoms with van der Waals surface area (Å²) >= 11 is 6.30. The normalized spacial score (nSPS) is 10.6. The molecule has 31 heavy (non-hydrogen) atoms. The second-order valence-electron chi connectivity index (χ2n) is 6.93. The van der Waals surface area contributed by atoms with E-state index in [4.69, 9.17) is 16.3 Å². The molecule has 1 amide bonds. The van der Waals surface area contributed by atoms with E-state index in [1.165, 1.54) is 0 Å². The highest BCUT2D eigenvalue weighted by Gasteiger charge is 2.13. The molecular formula is C25H18ClNO4. The third-order valence-corrected chi connectivity index (χ3v) is 5.04. The van der Waals surface area contributed by atoms with Crippen molar-refractivity contribution in [2.75, 3.05) is 5.32 Å².